The van der Waals surface area contributed by atoms with Crippen molar-refractivity contribution in [2.45, 2.75) is 24.7 Å². The Morgan fingerprint density at radius 2 is 1.86 bits per heavy atom. The highest BCUT2D eigenvalue weighted by molar-refractivity contribution is 6.21. The highest BCUT2D eigenvalue weighted by Crippen LogP contribution is 2.09. The third-order valence-corrected chi connectivity index (χ3v) is 1.21. The van der Waals surface area contributed by atoms with Crippen molar-refractivity contribution in [2.24, 2.45) is 5.73 Å². The molecule has 6 nitrogen and oxygen atoms in total. The van der Waals surface area contributed by atoms with Gasteiger partial charge in [-0.05, 0) is 6.92 Å². The van der Waals surface area contributed by atoms with Crippen LogP contribution in [0.1, 0.15) is 13.3 Å². The number of hydrogen-bond acceptors (Lipinski definition) is 5. The lowest BCUT2D eigenvalue weighted by Crippen LogP contribution is -2.33. The normalized spacial score (nSPS) is 11.9. The molecule has 0 amide bonds. The predicted octanol–water partition coefficient (Wildman–Crippen LogP) is -1.72. The largest absolute Gasteiger partial charge is 0.481 e. The van der Waals surface area contributed by atoms with Crippen LogP contribution in [0.15, 0.2) is 0 Å². The Morgan fingerprint density at radius 3 is 1.86 bits per heavy atom. The van der Waals surface area contributed by atoms with E-state index in [0.29, 0.717) is 0 Å². The van der Waals surface area contributed by atoms with Crippen LogP contribution in [0.2, 0.25) is 0 Å². The molecule has 14 heavy (non-hydrogen) atoms. The van der Waals surface area contributed by atoms with Gasteiger partial charge in [0.1, 0.15) is 6.10 Å². The molecule has 1 unspecified atom stereocenters. The third kappa shape index (κ3) is 18.0. The van der Waals surface area contributed by atoms with Crippen molar-refractivity contribution in [2.75, 3.05) is 6.54 Å². The lowest BCUT2D eigenvalue weighted by molar-refractivity contribution is -0.153. The third-order valence-electron chi connectivity index (χ3n) is 0.890. The summed E-state index contributed by atoms with van der Waals surface area (Å²) >= 11 is 4.73. The SMILES string of the molecule is CC(O)C(O)(O)Cl.NCCC(=O)O.[Al]. The molecule has 0 heterocycles. The highest BCUT2D eigenvalue weighted by atomic mass is 35.5. The van der Waals surface area contributed by atoms with E-state index in [0.717, 1.165) is 0 Å². The van der Waals surface area contributed by atoms with Crippen molar-refractivity contribution in [3.63, 3.8) is 0 Å². The first-order valence-corrected chi connectivity index (χ1v) is 3.83. The van der Waals surface area contributed by atoms with Crippen LogP contribution in [0.5, 0.6) is 0 Å². The van der Waals surface area contributed by atoms with E-state index in [4.69, 9.17) is 37.8 Å². The summed E-state index contributed by atoms with van der Waals surface area (Å²) in [6.07, 6.45) is -1.26. The van der Waals surface area contributed by atoms with Crippen LogP contribution in [-0.4, -0.2) is 61.7 Å². The van der Waals surface area contributed by atoms with E-state index >= 15 is 0 Å². The molecule has 3 radical (unpaired) electrons. The van der Waals surface area contributed by atoms with Gasteiger partial charge in [0.2, 0.25) is 0 Å². The summed E-state index contributed by atoms with van der Waals surface area (Å²) in [5, 5.41) is 29.9. The molecule has 0 aliphatic heterocycles. The first-order valence-electron chi connectivity index (χ1n) is 3.45. The van der Waals surface area contributed by atoms with Crippen LogP contribution in [0, 0.1) is 0 Å². The molecule has 0 aromatic carbocycles. The number of rotatable bonds is 3. The number of aliphatic hydroxyl groups excluding tert-OH is 1. The van der Waals surface area contributed by atoms with Crippen LogP contribution >= 0.6 is 11.6 Å². The van der Waals surface area contributed by atoms with E-state index in [1.54, 1.807) is 0 Å². The van der Waals surface area contributed by atoms with E-state index in [2.05, 4.69) is 0 Å². The standard InChI is InChI=1S/C3H7ClO3.C3H7NO2.Al/c1-2(5)3(4,6)7;4-2-1-3(5)6;/h2,5-7H,1H3;1-2,4H2,(H,5,6);. The van der Waals surface area contributed by atoms with Crippen LogP contribution in [0.4, 0.5) is 0 Å². The molecule has 0 bridgehead atoms. The molecule has 0 aromatic heterocycles. The van der Waals surface area contributed by atoms with Crippen LogP contribution in [0.3, 0.4) is 0 Å². The zero-order chi connectivity index (χ0) is 11.1. The zero-order valence-corrected chi connectivity index (χ0v) is 9.63. The second-order valence-electron chi connectivity index (χ2n) is 2.24. The summed E-state index contributed by atoms with van der Waals surface area (Å²) in [5.41, 5.74) is 4.85. The second-order valence-corrected chi connectivity index (χ2v) is 2.80. The van der Waals surface area contributed by atoms with Crippen molar-refractivity contribution in [1.29, 1.82) is 0 Å². The van der Waals surface area contributed by atoms with Gasteiger partial charge in [-0.1, -0.05) is 11.6 Å². The predicted molar refractivity (Wildman–Crippen MR) is 51.8 cm³/mol. The molecule has 0 aromatic rings. The van der Waals surface area contributed by atoms with Gasteiger partial charge >= 0.3 is 5.97 Å². The minimum Gasteiger partial charge on any atom is -0.481 e. The van der Waals surface area contributed by atoms with E-state index < -0.39 is 17.3 Å². The number of carboxylic acids is 1. The van der Waals surface area contributed by atoms with Gasteiger partial charge in [-0.15, -0.1) is 0 Å². The van der Waals surface area contributed by atoms with Gasteiger partial charge in [0.05, 0.1) is 6.42 Å². The average molecular weight is 243 g/mol. The summed E-state index contributed by atoms with van der Waals surface area (Å²) < 4.78 is 0. The van der Waals surface area contributed by atoms with Gasteiger partial charge in [0.25, 0.3) is 5.25 Å². The fourth-order valence-electron chi connectivity index (χ4n) is 0.123. The summed E-state index contributed by atoms with van der Waals surface area (Å²) in [7, 11) is 0. The number of halogens is 1. The van der Waals surface area contributed by atoms with Crippen molar-refractivity contribution < 1.29 is 25.2 Å². The Morgan fingerprint density at radius 1 is 1.57 bits per heavy atom. The van der Waals surface area contributed by atoms with Crippen LogP contribution in [-0.2, 0) is 4.79 Å². The minimum absolute atomic E-state index is 0. The highest BCUT2D eigenvalue weighted by Gasteiger charge is 2.25. The number of aliphatic hydroxyl groups is 3. The summed E-state index contributed by atoms with van der Waals surface area (Å²) in [6.45, 7) is 1.41. The average Bonchev–Trinajstić information content (AvgIpc) is 1.85. The summed E-state index contributed by atoms with van der Waals surface area (Å²) in [5.74, 6) is -0.836. The lowest BCUT2D eigenvalue weighted by Gasteiger charge is -2.14. The van der Waals surface area contributed by atoms with Gasteiger partial charge in [0, 0.05) is 23.9 Å². The number of alkyl halides is 1. The number of hydrogen-bond donors (Lipinski definition) is 5. The minimum atomic E-state index is -2.47. The maximum Gasteiger partial charge on any atom is 0.304 e. The molecule has 0 saturated carbocycles. The smallest absolute Gasteiger partial charge is 0.304 e. The first-order chi connectivity index (χ1) is 5.71. The molecular weight excluding hydrogens is 229 g/mol. The van der Waals surface area contributed by atoms with Crippen LogP contribution in [0.25, 0.3) is 0 Å². The van der Waals surface area contributed by atoms with E-state index in [-0.39, 0.29) is 30.3 Å². The van der Waals surface area contributed by atoms with Gasteiger partial charge in [-0.3, -0.25) is 4.79 Å². The lowest BCUT2D eigenvalue weighted by atomic mass is 10.4. The Labute approximate surface area is 97.4 Å². The fourth-order valence-corrected chi connectivity index (χ4v) is 0.123. The molecule has 0 aliphatic rings. The van der Waals surface area contributed by atoms with E-state index in [9.17, 15) is 4.79 Å². The molecule has 0 saturated heterocycles. The number of carbonyl (C=O) groups is 1. The maximum atomic E-state index is 9.52. The molecule has 8 heteroatoms. The summed E-state index contributed by atoms with van der Waals surface area (Å²) in [6, 6.07) is 0. The van der Waals surface area contributed by atoms with E-state index in [1.807, 2.05) is 0 Å². The van der Waals surface area contributed by atoms with Crippen molar-refractivity contribution in [3.8, 4) is 0 Å². The van der Waals surface area contributed by atoms with Gasteiger partial charge < -0.3 is 26.2 Å². The summed E-state index contributed by atoms with van der Waals surface area (Å²) in [4.78, 5) is 9.52. The Kier molecular flexibility index (Phi) is 13.6. The number of aliphatic carboxylic acids is 1. The molecule has 0 spiro atoms. The maximum absolute atomic E-state index is 9.52. The topological polar surface area (TPSA) is 124 Å². The molecule has 0 aliphatic carbocycles. The van der Waals surface area contributed by atoms with Gasteiger partial charge in [-0.2, -0.15) is 0 Å². The first kappa shape index (κ1) is 19.7. The fraction of sp³-hybridized carbons (Fsp3) is 0.833. The Hall–Kier alpha value is 0.132. The monoisotopic (exact) mass is 242 g/mol. The van der Waals surface area contributed by atoms with E-state index in [1.165, 1.54) is 6.92 Å². The van der Waals surface area contributed by atoms with Crippen LogP contribution < -0.4 is 5.73 Å². The second kappa shape index (κ2) is 9.68. The van der Waals surface area contributed by atoms with Crippen molar-refractivity contribution in [3.05, 3.63) is 0 Å². The molecular formula is C6H14AlClNO5. The van der Waals surface area contributed by atoms with Crippen molar-refractivity contribution >= 4 is 34.9 Å². The van der Waals surface area contributed by atoms with Gasteiger partial charge in [-0.25, -0.2) is 0 Å². The Bertz CT molecular complexity index is 150. The quantitative estimate of drug-likeness (QED) is 0.228. The number of carboxylic acid groups (broad SMARTS) is 1. The Balaban J connectivity index is -0.000000163. The number of nitrogens with two attached hydrogens (primary N) is 1. The molecule has 1 atom stereocenters. The van der Waals surface area contributed by atoms with Crippen molar-refractivity contribution in [1.82, 2.24) is 0 Å². The molecule has 0 fully saturated rings. The molecule has 0 rings (SSSR count). The zero-order valence-electron chi connectivity index (χ0n) is 7.72. The molecule has 83 valence electrons. The van der Waals surface area contributed by atoms with Gasteiger partial charge in [0.15, 0.2) is 0 Å². The molecule has 6 N–H and O–H groups in total.